The molecule has 7 nitrogen and oxygen atoms in total. The molecule has 4 bridgehead atoms. The van der Waals surface area contributed by atoms with Crippen molar-refractivity contribution in [3.63, 3.8) is 0 Å². The van der Waals surface area contributed by atoms with Crippen LogP contribution in [-0.4, -0.2) is 31.8 Å². The van der Waals surface area contributed by atoms with Crippen LogP contribution in [0.25, 0.3) is 11.0 Å². The Bertz CT molecular complexity index is 1240. The Morgan fingerprint density at radius 1 is 1.15 bits per heavy atom. The summed E-state index contributed by atoms with van der Waals surface area (Å²) >= 11 is 6.06. The third kappa shape index (κ3) is 3.76. The molecule has 4 aliphatic rings. The molecule has 0 unspecified atom stereocenters. The SMILES string of the molecule is O=C(NCCn1ncc2c(=O)n(Cc3cccc(Cl)c3)cnc21)C12CC3CC(CC(C3)C1)C2. The summed E-state index contributed by atoms with van der Waals surface area (Å²) in [6.45, 7) is 1.38. The first-order valence-electron chi connectivity index (χ1n) is 11.9. The second-order valence-corrected chi connectivity index (χ2v) is 10.8. The van der Waals surface area contributed by atoms with Gasteiger partial charge in [0.15, 0.2) is 5.65 Å². The number of carbonyl (C=O) groups is 1. The fourth-order valence-corrected chi connectivity index (χ4v) is 7.17. The number of halogens is 1. The van der Waals surface area contributed by atoms with E-state index in [4.69, 9.17) is 11.6 Å². The maximum atomic E-state index is 13.2. The third-order valence-electron chi connectivity index (χ3n) is 7.99. The molecule has 0 spiro atoms. The Balaban J connectivity index is 1.13. The van der Waals surface area contributed by atoms with Gasteiger partial charge in [0.1, 0.15) is 11.7 Å². The summed E-state index contributed by atoms with van der Waals surface area (Å²) in [6, 6.07) is 7.44. The Kier molecular flexibility index (Phi) is 5.05. The van der Waals surface area contributed by atoms with Crippen LogP contribution in [0.1, 0.15) is 44.1 Å². The van der Waals surface area contributed by atoms with Crippen molar-refractivity contribution in [2.75, 3.05) is 6.54 Å². The van der Waals surface area contributed by atoms with Crippen molar-refractivity contribution in [3.8, 4) is 0 Å². The van der Waals surface area contributed by atoms with E-state index in [-0.39, 0.29) is 16.9 Å². The summed E-state index contributed by atoms with van der Waals surface area (Å²) in [5.41, 5.74) is 1.20. The molecule has 33 heavy (non-hydrogen) atoms. The largest absolute Gasteiger partial charge is 0.354 e. The minimum Gasteiger partial charge on any atom is -0.354 e. The van der Waals surface area contributed by atoms with Crippen LogP contribution < -0.4 is 10.9 Å². The molecule has 0 radical (unpaired) electrons. The van der Waals surface area contributed by atoms with Crippen molar-refractivity contribution in [3.05, 3.63) is 57.7 Å². The Morgan fingerprint density at radius 3 is 2.58 bits per heavy atom. The van der Waals surface area contributed by atoms with Gasteiger partial charge in [0.05, 0.1) is 19.3 Å². The highest BCUT2D eigenvalue weighted by atomic mass is 35.5. The minimum atomic E-state index is -0.146. The van der Waals surface area contributed by atoms with E-state index in [1.807, 2.05) is 18.2 Å². The lowest BCUT2D eigenvalue weighted by Crippen LogP contribution is -2.53. The van der Waals surface area contributed by atoms with Gasteiger partial charge in [0.25, 0.3) is 5.56 Å². The first-order chi connectivity index (χ1) is 16.0. The molecule has 4 saturated carbocycles. The Morgan fingerprint density at radius 2 is 1.88 bits per heavy atom. The molecule has 4 aliphatic carbocycles. The third-order valence-corrected chi connectivity index (χ3v) is 8.23. The molecular weight excluding hydrogens is 438 g/mol. The number of amides is 1. The second kappa shape index (κ2) is 7.97. The summed E-state index contributed by atoms with van der Waals surface area (Å²) in [7, 11) is 0. The van der Waals surface area contributed by atoms with Gasteiger partial charge in [-0.25, -0.2) is 9.67 Å². The number of fused-ring (bicyclic) bond motifs is 1. The molecular formula is C25H28ClN5O2. The lowest BCUT2D eigenvalue weighted by Gasteiger charge is -2.55. The van der Waals surface area contributed by atoms with Gasteiger partial charge in [-0.3, -0.25) is 14.2 Å². The van der Waals surface area contributed by atoms with E-state index >= 15 is 0 Å². The van der Waals surface area contributed by atoms with E-state index in [2.05, 4.69) is 15.4 Å². The van der Waals surface area contributed by atoms with Crippen molar-refractivity contribution in [1.29, 1.82) is 0 Å². The normalized spacial score (nSPS) is 27.8. The van der Waals surface area contributed by atoms with E-state index in [1.54, 1.807) is 27.8 Å². The zero-order valence-electron chi connectivity index (χ0n) is 18.5. The fourth-order valence-electron chi connectivity index (χ4n) is 6.96. The van der Waals surface area contributed by atoms with E-state index in [1.165, 1.54) is 19.3 Å². The van der Waals surface area contributed by atoms with Crippen molar-refractivity contribution < 1.29 is 4.79 Å². The van der Waals surface area contributed by atoms with Crippen LogP contribution in [-0.2, 0) is 17.9 Å². The lowest BCUT2D eigenvalue weighted by molar-refractivity contribution is -0.146. The van der Waals surface area contributed by atoms with Crippen molar-refractivity contribution in [2.45, 2.75) is 51.6 Å². The summed E-state index contributed by atoms with van der Waals surface area (Å²) in [6.07, 6.45) is 10.3. The van der Waals surface area contributed by atoms with Crippen molar-refractivity contribution in [2.24, 2.45) is 23.2 Å². The monoisotopic (exact) mass is 465 g/mol. The highest BCUT2D eigenvalue weighted by Crippen LogP contribution is 2.60. The summed E-state index contributed by atoms with van der Waals surface area (Å²) in [4.78, 5) is 30.6. The van der Waals surface area contributed by atoms with E-state index in [0.29, 0.717) is 35.7 Å². The molecule has 2 aromatic heterocycles. The predicted octanol–water partition coefficient (Wildman–Crippen LogP) is 3.63. The van der Waals surface area contributed by atoms with E-state index < -0.39 is 0 Å². The number of nitrogens with zero attached hydrogens (tertiary/aromatic N) is 4. The molecule has 2 heterocycles. The average Bonchev–Trinajstić information content (AvgIpc) is 3.18. The Labute approximate surface area is 197 Å². The number of carbonyl (C=O) groups excluding carboxylic acids is 1. The number of nitrogens with one attached hydrogen (secondary N) is 1. The number of aromatic nitrogens is 4. The molecule has 1 N–H and O–H groups in total. The molecule has 0 saturated heterocycles. The van der Waals surface area contributed by atoms with Crippen LogP contribution >= 0.6 is 11.6 Å². The molecule has 7 rings (SSSR count). The van der Waals surface area contributed by atoms with E-state index in [9.17, 15) is 9.59 Å². The van der Waals surface area contributed by atoms with Crippen LogP contribution in [0, 0.1) is 23.2 Å². The highest BCUT2D eigenvalue weighted by Gasteiger charge is 2.54. The van der Waals surface area contributed by atoms with Gasteiger partial charge in [-0.05, 0) is 74.0 Å². The first-order valence-corrected chi connectivity index (χ1v) is 12.3. The Hall–Kier alpha value is -2.67. The predicted molar refractivity (Wildman–Crippen MR) is 126 cm³/mol. The van der Waals surface area contributed by atoms with Gasteiger partial charge in [-0.2, -0.15) is 5.10 Å². The summed E-state index contributed by atoms with van der Waals surface area (Å²) in [5, 5.41) is 8.67. The van der Waals surface area contributed by atoms with Gasteiger partial charge in [0.2, 0.25) is 5.91 Å². The first kappa shape index (κ1) is 20.9. The van der Waals surface area contributed by atoms with E-state index in [0.717, 1.165) is 42.6 Å². The van der Waals surface area contributed by atoms with Crippen LogP contribution in [0.3, 0.4) is 0 Å². The second-order valence-electron chi connectivity index (χ2n) is 10.4. The van der Waals surface area contributed by atoms with Crippen LogP contribution in [0.4, 0.5) is 0 Å². The molecule has 4 fully saturated rings. The minimum absolute atomic E-state index is 0.135. The number of hydrogen-bond acceptors (Lipinski definition) is 4. The van der Waals surface area contributed by atoms with Crippen LogP contribution in [0.2, 0.25) is 5.02 Å². The maximum Gasteiger partial charge on any atom is 0.264 e. The van der Waals surface area contributed by atoms with Crippen LogP contribution in [0.15, 0.2) is 41.6 Å². The van der Waals surface area contributed by atoms with Crippen molar-refractivity contribution in [1.82, 2.24) is 24.6 Å². The smallest absolute Gasteiger partial charge is 0.264 e. The van der Waals surface area contributed by atoms with Gasteiger partial charge in [-0.15, -0.1) is 0 Å². The lowest BCUT2D eigenvalue weighted by atomic mass is 9.49. The van der Waals surface area contributed by atoms with Crippen LogP contribution in [0.5, 0.6) is 0 Å². The molecule has 3 aromatic rings. The number of rotatable bonds is 6. The molecule has 172 valence electrons. The number of hydrogen-bond donors (Lipinski definition) is 1. The fraction of sp³-hybridized carbons (Fsp3) is 0.520. The highest BCUT2D eigenvalue weighted by molar-refractivity contribution is 6.30. The topological polar surface area (TPSA) is 81.8 Å². The zero-order valence-corrected chi connectivity index (χ0v) is 19.3. The van der Waals surface area contributed by atoms with Crippen molar-refractivity contribution >= 4 is 28.5 Å². The summed E-state index contributed by atoms with van der Waals surface area (Å²) < 4.78 is 3.27. The molecule has 8 heteroatoms. The quantitative estimate of drug-likeness (QED) is 0.602. The zero-order chi connectivity index (χ0) is 22.6. The standard InChI is InChI=1S/C25H28ClN5O2/c26-20-3-1-2-16(9-20)14-30-15-28-22-21(23(30)32)13-29-31(22)5-4-27-24(33)25-10-17-6-18(11-25)8-19(7-17)12-25/h1-3,9,13,15,17-19H,4-8,10-12,14H2,(H,27,33). The molecule has 0 aliphatic heterocycles. The maximum absolute atomic E-state index is 13.2. The molecule has 0 atom stereocenters. The average molecular weight is 466 g/mol. The molecule has 1 aromatic carbocycles. The molecule has 1 amide bonds. The van der Waals surface area contributed by atoms with Gasteiger partial charge < -0.3 is 5.32 Å². The number of benzene rings is 1. The van der Waals surface area contributed by atoms with Gasteiger partial charge in [-0.1, -0.05) is 23.7 Å². The summed E-state index contributed by atoms with van der Waals surface area (Å²) in [5.74, 6) is 2.45. The van der Waals surface area contributed by atoms with Gasteiger partial charge in [0, 0.05) is 17.0 Å². The van der Waals surface area contributed by atoms with Gasteiger partial charge >= 0.3 is 0 Å².